The number of carbonyl (C=O) groups excluding carboxylic acids is 2. The third-order valence-electron chi connectivity index (χ3n) is 3.62. The maximum Gasteiger partial charge on any atom is 0.331 e. The Morgan fingerprint density at radius 3 is 2.81 bits per heavy atom. The van der Waals surface area contributed by atoms with Gasteiger partial charge in [-0.3, -0.25) is 4.79 Å². The minimum absolute atomic E-state index is 0.187. The van der Waals surface area contributed by atoms with Gasteiger partial charge < -0.3 is 19.5 Å². The van der Waals surface area contributed by atoms with Crippen LogP contribution in [-0.2, 0) is 14.3 Å². The summed E-state index contributed by atoms with van der Waals surface area (Å²) in [7, 11) is 0. The molecule has 26 heavy (non-hydrogen) atoms. The molecule has 0 aliphatic carbocycles. The summed E-state index contributed by atoms with van der Waals surface area (Å²) in [4.78, 5) is 23.6. The number of ether oxygens (including phenoxy) is 3. The summed E-state index contributed by atoms with van der Waals surface area (Å²) < 4.78 is 15.4. The Hall–Kier alpha value is -2.99. The Kier molecular flexibility index (Phi) is 5.43. The van der Waals surface area contributed by atoms with Crippen molar-refractivity contribution in [1.82, 2.24) is 0 Å². The summed E-state index contributed by atoms with van der Waals surface area (Å²) in [6, 6.07) is 10.4. The highest BCUT2D eigenvalue weighted by Gasteiger charge is 2.12. The van der Waals surface area contributed by atoms with Crippen molar-refractivity contribution in [2.75, 3.05) is 18.7 Å². The minimum atomic E-state index is -0.620. The Labute approximate surface area is 155 Å². The van der Waals surface area contributed by atoms with Crippen LogP contribution in [0.2, 0.25) is 5.02 Å². The molecule has 0 spiro atoms. The molecular formula is C19H16ClNO5. The molecule has 0 atom stereocenters. The number of rotatable bonds is 5. The molecule has 0 saturated heterocycles. The Morgan fingerprint density at radius 2 is 2.00 bits per heavy atom. The number of amides is 1. The van der Waals surface area contributed by atoms with E-state index in [-0.39, 0.29) is 13.4 Å². The van der Waals surface area contributed by atoms with E-state index in [4.69, 9.17) is 25.8 Å². The van der Waals surface area contributed by atoms with Crippen LogP contribution >= 0.6 is 11.6 Å². The van der Waals surface area contributed by atoms with E-state index in [9.17, 15) is 9.59 Å². The Bertz CT molecular complexity index is 878. The van der Waals surface area contributed by atoms with Gasteiger partial charge in [-0.25, -0.2) is 4.79 Å². The molecule has 7 heteroatoms. The van der Waals surface area contributed by atoms with E-state index in [1.54, 1.807) is 42.5 Å². The van der Waals surface area contributed by atoms with Gasteiger partial charge in [0.05, 0.1) is 0 Å². The summed E-state index contributed by atoms with van der Waals surface area (Å²) in [6.45, 7) is 1.63. The molecule has 0 fully saturated rings. The van der Waals surface area contributed by atoms with Gasteiger partial charge in [-0.15, -0.1) is 0 Å². The largest absolute Gasteiger partial charge is 0.454 e. The fraction of sp³-hybridized carbons (Fsp3) is 0.158. The van der Waals surface area contributed by atoms with E-state index < -0.39 is 11.9 Å². The number of benzene rings is 2. The SMILES string of the molecule is Cc1cc(Cl)ccc1NC(=O)COC(=O)/C=C/c1ccc2c(c1)OCO2. The second kappa shape index (κ2) is 7.93. The van der Waals surface area contributed by atoms with Gasteiger partial charge in [-0.05, 0) is 54.5 Å². The highest BCUT2D eigenvalue weighted by atomic mass is 35.5. The molecule has 1 aliphatic rings. The van der Waals surface area contributed by atoms with Gasteiger partial charge in [0.25, 0.3) is 5.91 Å². The summed E-state index contributed by atoms with van der Waals surface area (Å²) >= 11 is 5.87. The standard InChI is InChI=1S/C19H16ClNO5/c1-12-8-14(20)4-5-15(12)21-18(22)10-24-19(23)7-3-13-2-6-16-17(9-13)26-11-25-16/h2-9H,10-11H2,1H3,(H,21,22)/b7-3+. The lowest BCUT2D eigenvalue weighted by Gasteiger charge is -2.08. The van der Waals surface area contributed by atoms with E-state index >= 15 is 0 Å². The van der Waals surface area contributed by atoms with Crippen molar-refractivity contribution in [3.8, 4) is 11.5 Å². The molecule has 6 nitrogen and oxygen atoms in total. The number of esters is 1. The fourth-order valence-electron chi connectivity index (χ4n) is 2.32. The molecule has 1 heterocycles. The topological polar surface area (TPSA) is 73.9 Å². The predicted octanol–water partition coefficient (Wildman–Crippen LogP) is 3.57. The Morgan fingerprint density at radius 1 is 1.19 bits per heavy atom. The van der Waals surface area contributed by atoms with Crippen molar-refractivity contribution < 1.29 is 23.8 Å². The molecule has 3 rings (SSSR count). The van der Waals surface area contributed by atoms with E-state index in [0.29, 0.717) is 22.2 Å². The first-order valence-electron chi connectivity index (χ1n) is 7.82. The number of halogens is 1. The molecule has 0 bridgehead atoms. The molecule has 2 aromatic carbocycles. The van der Waals surface area contributed by atoms with Crippen molar-refractivity contribution in [2.45, 2.75) is 6.92 Å². The van der Waals surface area contributed by atoms with Gasteiger partial charge in [-0.1, -0.05) is 17.7 Å². The molecule has 2 aromatic rings. The van der Waals surface area contributed by atoms with Gasteiger partial charge in [0.2, 0.25) is 6.79 Å². The third kappa shape index (κ3) is 4.55. The van der Waals surface area contributed by atoms with Crippen LogP contribution in [0.4, 0.5) is 5.69 Å². The summed E-state index contributed by atoms with van der Waals surface area (Å²) in [5.41, 5.74) is 2.19. The van der Waals surface area contributed by atoms with Gasteiger partial charge in [0.1, 0.15) is 0 Å². The highest BCUT2D eigenvalue weighted by Crippen LogP contribution is 2.32. The molecule has 0 radical (unpaired) electrons. The Balaban J connectivity index is 1.49. The average Bonchev–Trinajstić information content (AvgIpc) is 3.08. The van der Waals surface area contributed by atoms with Crippen LogP contribution in [0.1, 0.15) is 11.1 Å². The molecular weight excluding hydrogens is 358 g/mol. The summed E-state index contributed by atoms with van der Waals surface area (Å²) in [6.07, 6.45) is 2.82. The lowest BCUT2D eigenvalue weighted by molar-refractivity contribution is -0.142. The third-order valence-corrected chi connectivity index (χ3v) is 3.85. The smallest absolute Gasteiger partial charge is 0.331 e. The first-order chi connectivity index (χ1) is 12.5. The van der Waals surface area contributed by atoms with Crippen molar-refractivity contribution >= 4 is 35.2 Å². The van der Waals surface area contributed by atoms with Crippen LogP contribution in [-0.4, -0.2) is 25.3 Å². The molecule has 0 unspecified atom stereocenters. The van der Waals surface area contributed by atoms with E-state index in [2.05, 4.69) is 5.32 Å². The zero-order valence-corrected chi connectivity index (χ0v) is 14.7. The normalized spacial score (nSPS) is 12.2. The number of nitrogens with one attached hydrogen (secondary N) is 1. The van der Waals surface area contributed by atoms with Crippen LogP contribution in [0.15, 0.2) is 42.5 Å². The second-order valence-electron chi connectivity index (χ2n) is 5.56. The maximum atomic E-state index is 11.9. The number of hydrogen-bond donors (Lipinski definition) is 1. The van der Waals surface area contributed by atoms with Crippen LogP contribution < -0.4 is 14.8 Å². The molecule has 0 saturated carbocycles. The van der Waals surface area contributed by atoms with Gasteiger partial charge >= 0.3 is 5.97 Å². The number of aryl methyl sites for hydroxylation is 1. The first-order valence-corrected chi connectivity index (χ1v) is 8.19. The number of hydrogen-bond acceptors (Lipinski definition) is 5. The van der Waals surface area contributed by atoms with Crippen molar-refractivity contribution in [2.24, 2.45) is 0 Å². The lowest BCUT2D eigenvalue weighted by Crippen LogP contribution is -2.20. The zero-order valence-electron chi connectivity index (χ0n) is 14.0. The van der Waals surface area contributed by atoms with Crippen molar-refractivity contribution in [1.29, 1.82) is 0 Å². The molecule has 1 amide bonds. The van der Waals surface area contributed by atoms with Gasteiger partial charge in [0.15, 0.2) is 18.1 Å². The van der Waals surface area contributed by atoms with Crippen LogP contribution in [0.25, 0.3) is 6.08 Å². The molecule has 134 valence electrons. The van der Waals surface area contributed by atoms with E-state index in [0.717, 1.165) is 11.1 Å². The predicted molar refractivity (Wildman–Crippen MR) is 97.4 cm³/mol. The lowest BCUT2D eigenvalue weighted by atomic mass is 10.2. The quantitative estimate of drug-likeness (QED) is 0.640. The molecule has 1 aliphatic heterocycles. The fourth-order valence-corrected chi connectivity index (χ4v) is 2.55. The monoisotopic (exact) mass is 373 g/mol. The van der Waals surface area contributed by atoms with E-state index in [1.165, 1.54) is 6.08 Å². The van der Waals surface area contributed by atoms with Crippen LogP contribution in [0, 0.1) is 6.92 Å². The molecule has 1 N–H and O–H groups in total. The summed E-state index contributed by atoms with van der Waals surface area (Å²) in [5, 5.41) is 3.25. The first kappa shape index (κ1) is 17.8. The average molecular weight is 374 g/mol. The number of anilines is 1. The zero-order chi connectivity index (χ0) is 18.5. The van der Waals surface area contributed by atoms with Gasteiger partial charge in [0, 0.05) is 16.8 Å². The van der Waals surface area contributed by atoms with Crippen LogP contribution in [0.3, 0.4) is 0 Å². The highest BCUT2D eigenvalue weighted by molar-refractivity contribution is 6.30. The number of carbonyl (C=O) groups is 2. The number of fused-ring (bicyclic) bond motifs is 1. The van der Waals surface area contributed by atoms with Gasteiger partial charge in [-0.2, -0.15) is 0 Å². The second-order valence-corrected chi connectivity index (χ2v) is 6.00. The maximum absolute atomic E-state index is 11.9. The van der Waals surface area contributed by atoms with Crippen molar-refractivity contribution in [3.63, 3.8) is 0 Å². The molecule has 0 aromatic heterocycles. The van der Waals surface area contributed by atoms with Crippen molar-refractivity contribution in [3.05, 3.63) is 58.6 Å². The van der Waals surface area contributed by atoms with Crippen LogP contribution in [0.5, 0.6) is 11.5 Å². The summed E-state index contributed by atoms with van der Waals surface area (Å²) in [5.74, 6) is 0.239. The van der Waals surface area contributed by atoms with E-state index in [1.807, 2.05) is 6.92 Å². The minimum Gasteiger partial charge on any atom is -0.454 e.